The number of rotatable bonds is 10. The van der Waals surface area contributed by atoms with Crippen molar-refractivity contribution in [2.45, 2.75) is 64.6 Å². The molecular formula is C35H36N4O2S. The van der Waals surface area contributed by atoms with Gasteiger partial charge in [0.1, 0.15) is 12.4 Å². The topological polar surface area (TPSA) is 60.2 Å². The molecule has 0 spiro atoms. The molecule has 1 amide bonds. The van der Waals surface area contributed by atoms with Crippen molar-refractivity contribution in [3.8, 4) is 5.75 Å². The van der Waals surface area contributed by atoms with E-state index in [0.717, 1.165) is 58.6 Å². The molecule has 1 aliphatic rings. The Labute approximate surface area is 251 Å². The lowest BCUT2D eigenvalue weighted by Crippen LogP contribution is -2.36. The highest BCUT2D eigenvalue weighted by Crippen LogP contribution is 2.39. The molecule has 0 N–H and O–H groups in total. The van der Waals surface area contributed by atoms with Crippen LogP contribution < -0.4 is 9.64 Å². The van der Waals surface area contributed by atoms with Gasteiger partial charge in [-0.3, -0.25) is 14.5 Å². The first-order chi connectivity index (χ1) is 20.5. The Balaban J connectivity index is 1.28. The normalized spacial score (nSPS) is 14.5. The molecule has 3 aromatic heterocycles. The first-order valence-electron chi connectivity index (χ1n) is 14.6. The molecule has 5 aromatic rings. The third kappa shape index (κ3) is 6.31. The lowest BCUT2D eigenvalue weighted by atomic mass is 9.81. The van der Waals surface area contributed by atoms with Crippen LogP contribution >= 0.6 is 11.3 Å². The van der Waals surface area contributed by atoms with E-state index in [2.05, 4.69) is 54.0 Å². The van der Waals surface area contributed by atoms with Gasteiger partial charge in [0, 0.05) is 17.5 Å². The van der Waals surface area contributed by atoms with Crippen LogP contribution in [0.25, 0.3) is 0 Å². The molecular weight excluding hydrogens is 540 g/mol. The van der Waals surface area contributed by atoms with Crippen molar-refractivity contribution in [3.63, 3.8) is 0 Å². The number of hydrogen-bond acceptors (Lipinski definition) is 5. The van der Waals surface area contributed by atoms with E-state index in [1.165, 1.54) is 5.56 Å². The second kappa shape index (κ2) is 12.7. The fourth-order valence-electron chi connectivity index (χ4n) is 5.65. The van der Waals surface area contributed by atoms with E-state index in [9.17, 15) is 4.79 Å². The highest BCUT2D eigenvalue weighted by atomic mass is 32.1. The van der Waals surface area contributed by atoms with Gasteiger partial charge >= 0.3 is 0 Å². The average Bonchev–Trinajstić information content (AvgIpc) is 3.71. The lowest BCUT2D eigenvalue weighted by molar-refractivity contribution is -0.120. The Hall–Kier alpha value is -4.23. The van der Waals surface area contributed by atoms with Crippen LogP contribution in [0.5, 0.6) is 5.75 Å². The minimum Gasteiger partial charge on any atom is -0.489 e. The standard InChI is InChI=1S/C35H36N4O2S/c1-25(2)33-15-14-29(19-36-33)39(22-28-18-37-38(21-28)20-27-16-17-42-24-27)35(40)32-12-6-11-31-30(32)10-7-13-34(31)41-23-26-8-4-3-5-9-26/h3-5,7-10,13-19,21,24-25,32H,6,11-12,20,22-23H2,1-2H3. The summed E-state index contributed by atoms with van der Waals surface area (Å²) in [5, 5.41) is 8.80. The van der Waals surface area contributed by atoms with Crippen LogP contribution in [0.4, 0.5) is 5.69 Å². The van der Waals surface area contributed by atoms with Gasteiger partial charge in [-0.15, -0.1) is 0 Å². The van der Waals surface area contributed by atoms with E-state index in [-0.39, 0.29) is 11.8 Å². The number of carbonyl (C=O) groups excluding carboxylic acids is 1. The van der Waals surface area contributed by atoms with Crippen LogP contribution in [0.1, 0.15) is 72.0 Å². The van der Waals surface area contributed by atoms with Crippen LogP contribution in [0.15, 0.2) is 96.1 Å². The number of benzene rings is 2. The molecule has 0 bridgehead atoms. The van der Waals surface area contributed by atoms with E-state index in [0.29, 0.717) is 25.6 Å². The monoisotopic (exact) mass is 576 g/mol. The van der Waals surface area contributed by atoms with Gasteiger partial charge in [-0.05, 0) is 82.5 Å². The molecule has 1 atom stereocenters. The van der Waals surface area contributed by atoms with Gasteiger partial charge in [0.2, 0.25) is 5.91 Å². The molecule has 0 aliphatic heterocycles. The summed E-state index contributed by atoms with van der Waals surface area (Å²) >= 11 is 1.68. The van der Waals surface area contributed by atoms with E-state index in [1.54, 1.807) is 11.3 Å². The molecule has 0 saturated carbocycles. The van der Waals surface area contributed by atoms with E-state index >= 15 is 0 Å². The number of pyridine rings is 1. The molecule has 7 heteroatoms. The summed E-state index contributed by atoms with van der Waals surface area (Å²) in [6.07, 6.45) is 8.40. The zero-order valence-electron chi connectivity index (χ0n) is 24.1. The number of thiophene rings is 1. The summed E-state index contributed by atoms with van der Waals surface area (Å²) in [4.78, 5) is 21.1. The van der Waals surface area contributed by atoms with Crippen LogP contribution in [-0.4, -0.2) is 20.7 Å². The maximum atomic E-state index is 14.5. The summed E-state index contributed by atoms with van der Waals surface area (Å²) in [7, 11) is 0. The minimum atomic E-state index is -0.250. The number of nitrogens with zero attached hydrogens (tertiary/aromatic N) is 4. The Kier molecular flexibility index (Phi) is 8.47. The van der Waals surface area contributed by atoms with Crippen molar-refractivity contribution in [2.75, 3.05) is 4.90 Å². The van der Waals surface area contributed by atoms with Crippen molar-refractivity contribution >= 4 is 22.9 Å². The Morgan fingerprint density at radius 1 is 1.02 bits per heavy atom. The quantitative estimate of drug-likeness (QED) is 0.171. The highest BCUT2D eigenvalue weighted by Gasteiger charge is 2.32. The third-order valence-electron chi connectivity index (χ3n) is 7.89. The van der Waals surface area contributed by atoms with Gasteiger partial charge in [0.25, 0.3) is 0 Å². The molecule has 0 fully saturated rings. The first-order valence-corrected chi connectivity index (χ1v) is 15.6. The SMILES string of the molecule is CC(C)c1ccc(N(Cc2cnn(Cc3ccsc3)c2)C(=O)C2CCCc3c(OCc4ccccc4)cccc32)cn1. The predicted molar refractivity (Wildman–Crippen MR) is 168 cm³/mol. The van der Waals surface area contributed by atoms with Gasteiger partial charge < -0.3 is 9.64 Å². The second-order valence-corrected chi connectivity index (χ2v) is 12.0. The Bertz CT molecular complexity index is 1610. The molecule has 6 nitrogen and oxygen atoms in total. The molecule has 2 aromatic carbocycles. The van der Waals surface area contributed by atoms with Crippen molar-refractivity contribution in [1.29, 1.82) is 0 Å². The van der Waals surface area contributed by atoms with Crippen LogP contribution in [0.3, 0.4) is 0 Å². The van der Waals surface area contributed by atoms with Crippen LogP contribution in [0, 0.1) is 0 Å². The van der Waals surface area contributed by atoms with Crippen molar-refractivity contribution in [1.82, 2.24) is 14.8 Å². The Morgan fingerprint density at radius 2 is 1.90 bits per heavy atom. The minimum absolute atomic E-state index is 0.0841. The summed E-state index contributed by atoms with van der Waals surface area (Å²) in [5.41, 5.74) is 7.37. The number of ether oxygens (including phenoxy) is 1. The predicted octanol–water partition coefficient (Wildman–Crippen LogP) is 7.74. The molecule has 1 unspecified atom stereocenters. The lowest BCUT2D eigenvalue weighted by Gasteiger charge is -2.31. The summed E-state index contributed by atoms with van der Waals surface area (Å²) < 4.78 is 8.23. The zero-order valence-corrected chi connectivity index (χ0v) is 25.0. The molecule has 0 saturated heterocycles. The van der Waals surface area contributed by atoms with Gasteiger partial charge in [-0.1, -0.05) is 56.3 Å². The van der Waals surface area contributed by atoms with Crippen molar-refractivity contribution < 1.29 is 9.53 Å². The highest BCUT2D eigenvalue weighted by molar-refractivity contribution is 7.07. The van der Waals surface area contributed by atoms with Gasteiger partial charge in [0.15, 0.2) is 0 Å². The van der Waals surface area contributed by atoms with E-state index in [4.69, 9.17) is 9.72 Å². The fraction of sp³-hybridized carbons (Fsp3) is 0.286. The van der Waals surface area contributed by atoms with Gasteiger partial charge in [-0.2, -0.15) is 16.4 Å². The smallest absolute Gasteiger partial charge is 0.234 e. The Morgan fingerprint density at radius 3 is 2.67 bits per heavy atom. The third-order valence-corrected chi connectivity index (χ3v) is 8.62. The number of amides is 1. The molecule has 6 rings (SSSR count). The maximum Gasteiger partial charge on any atom is 0.234 e. The number of carbonyl (C=O) groups is 1. The summed E-state index contributed by atoms with van der Waals surface area (Å²) in [5.74, 6) is 1.02. The largest absolute Gasteiger partial charge is 0.489 e. The number of fused-ring (bicyclic) bond motifs is 1. The van der Waals surface area contributed by atoms with Gasteiger partial charge in [-0.25, -0.2) is 0 Å². The summed E-state index contributed by atoms with van der Waals surface area (Å²) in [6, 6.07) is 22.5. The van der Waals surface area contributed by atoms with Crippen LogP contribution in [-0.2, 0) is 30.9 Å². The van der Waals surface area contributed by atoms with E-state index in [1.807, 2.05) is 70.6 Å². The van der Waals surface area contributed by atoms with Crippen LogP contribution in [0.2, 0.25) is 0 Å². The maximum absolute atomic E-state index is 14.5. The molecule has 1 aliphatic carbocycles. The molecule has 0 radical (unpaired) electrons. The summed E-state index contributed by atoms with van der Waals surface area (Å²) in [6.45, 7) is 5.91. The number of anilines is 1. The van der Waals surface area contributed by atoms with Crippen molar-refractivity contribution in [2.24, 2.45) is 0 Å². The number of hydrogen-bond donors (Lipinski definition) is 0. The van der Waals surface area contributed by atoms with Gasteiger partial charge in [0.05, 0.1) is 37.1 Å². The molecule has 42 heavy (non-hydrogen) atoms. The zero-order chi connectivity index (χ0) is 28.9. The fourth-order valence-corrected chi connectivity index (χ4v) is 6.31. The van der Waals surface area contributed by atoms with Crippen molar-refractivity contribution in [3.05, 3.63) is 130 Å². The average molecular weight is 577 g/mol. The molecule has 3 heterocycles. The van der Waals surface area contributed by atoms with E-state index < -0.39 is 0 Å². The second-order valence-electron chi connectivity index (χ2n) is 11.2. The first kappa shape index (κ1) is 27.9. The molecule has 214 valence electrons. The number of aromatic nitrogens is 3.